The van der Waals surface area contributed by atoms with Crippen LogP contribution in [0.5, 0.6) is 0 Å². The van der Waals surface area contributed by atoms with E-state index in [1.165, 1.54) is 0 Å². The number of pyridine rings is 1. The number of likely N-dealkylation sites (N-methyl/N-ethyl adjacent to an activating group) is 1. The quantitative estimate of drug-likeness (QED) is 0.942. The van der Waals surface area contributed by atoms with Gasteiger partial charge in [-0.1, -0.05) is 23.7 Å². The van der Waals surface area contributed by atoms with Crippen LogP contribution in [0.15, 0.2) is 42.7 Å². The number of nitrogens with one attached hydrogen (secondary N) is 1. The topological polar surface area (TPSA) is 45.2 Å². The highest BCUT2D eigenvalue weighted by atomic mass is 35.5. The zero-order valence-electron chi connectivity index (χ0n) is 12.3. The third-order valence-electron chi connectivity index (χ3n) is 3.23. The third kappa shape index (κ3) is 3.80. The van der Waals surface area contributed by atoms with E-state index in [0.717, 1.165) is 16.8 Å². The molecule has 1 N–H and O–H groups in total. The van der Waals surface area contributed by atoms with Crippen molar-refractivity contribution in [2.24, 2.45) is 0 Å². The molecule has 110 valence electrons. The van der Waals surface area contributed by atoms with Crippen molar-refractivity contribution in [2.45, 2.75) is 13.0 Å². The largest absolute Gasteiger partial charge is 0.323 e. The number of benzene rings is 1. The summed E-state index contributed by atoms with van der Waals surface area (Å²) in [6.45, 7) is 1.93. The van der Waals surface area contributed by atoms with Crippen molar-refractivity contribution >= 4 is 23.2 Å². The molecule has 1 heterocycles. The average molecular weight is 304 g/mol. The molecule has 1 amide bonds. The molecule has 0 spiro atoms. The van der Waals surface area contributed by atoms with Crippen molar-refractivity contribution < 1.29 is 4.79 Å². The summed E-state index contributed by atoms with van der Waals surface area (Å²) >= 11 is 6.02. The van der Waals surface area contributed by atoms with E-state index in [4.69, 9.17) is 11.6 Å². The third-order valence-corrected chi connectivity index (χ3v) is 3.46. The molecule has 2 rings (SSSR count). The van der Waals surface area contributed by atoms with Crippen LogP contribution in [0.25, 0.3) is 0 Å². The predicted molar refractivity (Wildman–Crippen MR) is 85.5 cm³/mol. The fourth-order valence-electron chi connectivity index (χ4n) is 2.16. The standard InChI is InChI=1S/C16H18ClN3O/c1-11-7-8-18-10-14(11)19-16(21)15(20(2)3)12-5-4-6-13(17)9-12/h4-10,15H,1-3H3,(H,19,21). The molecule has 0 saturated heterocycles. The van der Waals surface area contributed by atoms with E-state index < -0.39 is 6.04 Å². The van der Waals surface area contributed by atoms with Gasteiger partial charge in [-0.05, 0) is 50.3 Å². The predicted octanol–water partition coefficient (Wildman–Crippen LogP) is 3.28. The summed E-state index contributed by atoms with van der Waals surface area (Å²) in [5, 5.41) is 3.54. The molecule has 0 aliphatic heterocycles. The average Bonchev–Trinajstić information content (AvgIpc) is 2.41. The van der Waals surface area contributed by atoms with Gasteiger partial charge in [-0.3, -0.25) is 14.7 Å². The van der Waals surface area contributed by atoms with Crippen molar-refractivity contribution in [1.82, 2.24) is 9.88 Å². The summed E-state index contributed by atoms with van der Waals surface area (Å²) in [6.07, 6.45) is 3.35. The number of aromatic nitrogens is 1. The van der Waals surface area contributed by atoms with Gasteiger partial charge in [-0.15, -0.1) is 0 Å². The molecule has 1 aromatic heterocycles. The maximum atomic E-state index is 12.6. The summed E-state index contributed by atoms with van der Waals surface area (Å²) in [5.74, 6) is -0.113. The lowest BCUT2D eigenvalue weighted by molar-refractivity contribution is -0.120. The second kappa shape index (κ2) is 6.70. The number of nitrogens with zero attached hydrogens (tertiary/aromatic N) is 2. The molecule has 0 aliphatic rings. The Bertz CT molecular complexity index is 643. The minimum absolute atomic E-state index is 0.113. The van der Waals surface area contributed by atoms with Gasteiger partial charge in [0.15, 0.2) is 0 Å². The van der Waals surface area contributed by atoms with Crippen molar-refractivity contribution in [3.63, 3.8) is 0 Å². The fourth-order valence-corrected chi connectivity index (χ4v) is 2.36. The number of anilines is 1. The number of carbonyl (C=O) groups is 1. The van der Waals surface area contributed by atoms with E-state index in [2.05, 4.69) is 10.3 Å². The Morgan fingerprint density at radius 3 is 2.71 bits per heavy atom. The number of amides is 1. The molecule has 0 fully saturated rings. The van der Waals surface area contributed by atoms with E-state index >= 15 is 0 Å². The Balaban J connectivity index is 2.27. The van der Waals surface area contributed by atoms with E-state index in [1.807, 2.05) is 50.2 Å². The van der Waals surface area contributed by atoms with Gasteiger partial charge in [0.05, 0.1) is 11.9 Å². The second-order valence-electron chi connectivity index (χ2n) is 5.10. The molecule has 2 aromatic rings. The number of aryl methyl sites for hydroxylation is 1. The summed E-state index contributed by atoms with van der Waals surface area (Å²) < 4.78 is 0. The van der Waals surface area contributed by atoms with Crippen LogP contribution in [0, 0.1) is 6.92 Å². The first-order chi connectivity index (χ1) is 9.99. The molecule has 21 heavy (non-hydrogen) atoms. The van der Waals surface area contributed by atoms with Gasteiger partial charge in [-0.25, -0.2) is 0 Å². The molecule has 0 aliphatic carbocycles. The zero-order chi connectivity index (χ0) is 15.4. The zero-order valence-corrected chi connectivity index (χ0v) is 13.1. The maximum Gasteiger partial charge on any atom is 0.246 e. The fraction of sp³-hybridized carbons (Fsp3) is 0.250. The number of hydrogen-bond acceptors (Lipinski definition) is 3. The second-order valence-corrected chi connectivity index (χ2v) is 5.54. The normalized spacial score (nSPS) is 12.2. The number of halogens is 1. The van der Waals surface area contributed by atoms with Crippen LogP contribution in [0.3, 0.4) is 0 Å². The van der Waals surface area contributed by atoms with E-state index in [9.17, 15) is 4.79 Å². The van der Waals surface area contributed by atoms with Gasteiger partial charge in [0.2, 0.25) is 5.91 Å². The van der Waals surface area contributed by atoms with Crippen LogP contribution in [-0.2, 0) is 4.79 Å². The molecule has 1 atom stereocenters. The molecule has 1 unspecified atom stereocenters. The van der Waals surface area contributed by atoms with Crippen molar-refractivity contribution in [1.29, 1.82) is 0 Å². The highest BCUT2D eigenvalue weighted by Crippen LogP contribution is 2.24. The van der Waals surface area contributed by atoms with Crippen LogP contribution < -0.4 is 5.32 Å². The Kier molecular flexibility index (Phi) is 4.94. The van der Waals surface area contributed by atoms with Gasteiger partial charge >= 0.3 is 0 Å². The van der Waals surface area contributed by atoms with Crippen LogP contribution in [0.4, 0.5) is 5.69 Å². The van der Waals surface area contributed by atoms with Gasteiger partial charge in [0.1, 0.15) is 6.04 Å². The first-order valence-electron chi connectivity index (χ1n) is 6.62. The molecule has 0 bridgehead atoms. The van der Waals surface area contributed by atoms with Crippen LogP contribution in [0.2, 0.25) is 5.02 Å². The molecular weight excluding hydrogens is 286 g/mol. The van der Waals surface area contributed by atoms with E-state index in [1.54, 1.807) is 18.5 Å². The van der Waals surface area contributed by atoms with Crippen LogP contribution >= 0.6 is 11.6 Å². The summed E-state index contributed by atoms with van der Waals surface area (Å²) in [7, 11) is 3.72. The number of rotatable bonds is 4. The molecule has 1 aromatic carbocycles. The molecule has 0 saturated carbocycles. The van der Waals surface area contributed by atoms with Crippen LogP contribution in [0.1, 0.15) is 17.2 Å². The Morgan fingerprint density at radius 1 is 1.33 bits per heavy atom. The Hall–Kier alpha value is -1.91. The first kappa shape index (κ1) is 15.5. The molecular formula is C16H18ClN3O. The molecule has 4 nitrogen and oxygen atoms in total. The summed E-state index contributed by atoms with van der Waals surface area (Å²) in [5.41, 5.74) is 2.55. The van der Waals surface area contributed by atoms with Crippen LogP contribution in [-0.4, -0.2) is 29.9 Å². The highest BCUT2D eigenvalue weighted by molar-refractivity contribution is 6.30. The highest BCUT2D eigenvalue weighted by Gasteiger charge is 2.23. The van der Waals surface area contributed by atoms with Gasteiger partial charge in [0.25, 0.3) is 0 Å². The Labute approximate surface area is 129 Å². The van der Waals surface area contributed by atoms with E-state index in [0.29, 0.717) is 5.02 Å². The maximum absolute atomic E-state index is 12.6. The van der Waals surface area contributed by atoms with Gasteiger partial charge in [0, 0.05) is 11.2 Å². The monoisotopic (exact) mass is 303 g/mol. The summed E-state index contributed by atoms with van der Waals surface area (Å²) in [6, 6.07) is 8.79. The van der Waals surface area contributed by atoms with Gasteiger partial charge < -0.3 is 5.32 Å². The molecule has 5 heteroatoms. The first-order valence-corrected chi connectivity index (χ1v) is 7.00. The minimum atomic E-state index is -0.414. The minimum Gasteiger partial charge on any atom is -0.323 e. The van der Waals surface area contributed by atoms with Crippen molar-refractivity contribution in [3.05, 3.63) is 58.9 Å². The smallest absolute Gasteiger partial charge is 0.246 e. The molecule has 0 radical (unpaired) electrons. The lowest BCUT2D eigenvalue weighted by Gasteiger charge is -2.24. The lowest BCUT2D eigenvalue weighted by atomic mass is 10.0. The lowest BCUT2D eigenvalue weighted by Crippen LogP contribution is -2.32. The Morgan fingerprint density at radius 2 is 2.10 bits per heavy atom. The van der Waals surface area contributed by atoms with Gasteiger partial charge in [-0.2, -0.15) is 0 Å². The van der Waals surface area contributed by atoms with E-state index in [-0.39, 0.29) is 5.91 Å². The SMILES string of the molecule is Cc1ccncc1NC(=O)C(c1cccc(Cl)c1)N(C)C. The summed E-state index contributed by atoms with van der Waals surface area (Å²) in [4.78, 5) is 18.5. The number of hydrogen-bond donors (Lipinski definition) is 1. The number of carbonyl (C=O) groups excluding carboxylic acids is 1. The van der Waals surface area contributed by atoms with Crippen molar-refractivity contribution in [2.75, 3.05) is 19.4 Å². The van der Waals surface area contributed by atoms with Crippen molar-refractivity contribution in [3.8, 4) is 0 Å².